The van der Waals surface area contributed by atoms with E-state index in [4.69, 9.17) is 10.5 Å². The third-order valence-electron chi connectivity index (χ3n) is 3.98. The molecule has 15 heavy (non-hydrogen) atoms. The van der Waals surface area contributed by atoms with Crippen LogP contribution in [0.4, 0.5) is 0 Å². The number of esters is 1. The van der Waals surface area contributed by atoms with Gasteiger partial charge in [0, 0.05) is 6.04 Å². The van der Waals surface area contributed by atoms with Crippen LogP contribution < -0.4 is 5.73 Å². The molecule has 2 fully saturated rings. The number of hydrogen-bond donors (Lipinski definition) is 1. The van der Waals surface area contributed by atoms with Gasteiger partial charge >= 0.3 is 5.97 Å². The maximum Gasteiger partial charge on any atom is 0.308 e. The highest BCUT2D eigenvalue weighted by atomic mass is 35.5. The Bertz CT molecular complexity index is 229. The van der Waals surface area contributed by atoms with Gasteiger partial charge < -0.3 is 10.5 Å². The molecule has 4 heteroatoms. The van der Waals surface area contributed by atoms with Gasteiger partial charge in [0.2, 0.25) is 0 Å². The molecule has 1 spiro atoms. The number of carbonyl (C=O) groups is 1. The molecule has 0 heterocycles. The van der Waals surface area contributed by atoms with E-state index < -0.39 is 0 Å². The van der Waals surface area contributed by atoms with Crippen LogP contribution in [0.15, 0.2) is 0 Å². The first-order valence-corrected chi connectivity index (χ1v) is 5.49. The van der Waals surface area contributed by atoms with E-state index in [1.54, 1.807) is 0 Å². The summed E-state index contributed by atoms with van der Waals surface area (Å²) in [6, 6.07) is 0.401. The number of halogens is 1. The molecule has 0 atom stereocenters. The lowest BCUT2D eigenvalue weighted by molar-refractivity contribution is -0.155. The molecule has 0 aromatic heterocycles. The maximum atomic E-state index is 11.2. The highest BCUT2D eigenvalue weighted by Gasteiger charge is 2.48. The first kappa shape index (κ1) is 12.8. The predicted molar refractivity (Wildman–Crippen MR) is 60.9 cm³/mol. The van der Waals surface area contributed by atoms with Gasteiger partial charge in [-0.25, -0.2) is 0 Å². The highest BCUT2D eigenvalue weighted by Crippen LogP contribution is 2.54. The van der Waals surface area contributed by atoms with Gasteiger partial charge in [-0.3, -0.25) is 4.79 Å². The van der Waals surface area contributed by atoms with E-state index in [0.717, 1.165) is 25.7 Å². The lowest BCUT2D eigenvalue weighted by atomic mass is 9.55. The largest absolute Gasteiger partial charge is 0.469 e. The van der Waals surface area contributed by atoms with Crippen LogP contribution in [0.5, 0.6) is 0 Å². The third kappa shape index (κ3) is 2.45. The molecule has 2 aliphatic carbocycles. The van der Waals surface area contributed by atoms with Crippen molar-refractivity contribution in [3.05, 3.63) is 0 Å². The monoisotopic (exact) mass is 233 g/mol. The summed E-state index contributed by atoms with van der Waals surface area (Å²) >= 11 is 0. The molecule has 0 unspecified atom stereocenters. The van der Waals surface area contributed by atoms with Gasteiger partial charge in [0.25, 0.3) is 0 Å². The molecule has 0 saturated heterocycles. The highest BCUT2D eigenvalue weighted by molar-refractivity contribution is 5.85. The van der Waals surface area contributed by atoms with Crippen molar-refractivity contribution >= 4 is 18.4 Å². The molecule has 2 N–H and O–H groups in total. The Morgan fingerprint density at radius 2 is 1.87 bits per heavy atom. The van der Waals surface area contributed by atoms with E-state index in [9.17, 15) is 4.79 Å². The average molecular weight is 234 g/mol. The van der Waals surface area contributed by atoms with Crippen molar-refractivity contribution in [2.75, 3.05) is 7.11 Å². The molecule has 0 bridgehead atoms. The summed E-state index contributed by atoms with van der Waals surface area (Å²) in [7, 11) is 1.48. The molecule has 88 valence electrons. The van der Waals surface area contributed by atoms with Crippen molar-refractivity contribution in [2.24, 2.45) is 17.1 Å². The summed E-state index contributed by atoms with van der Waals surface area (Å²) in [5.74, 6) is 0.153. The summed E-state index contributed by atoms with van der Waals surface area (Å²) in [5.41, 5.74) is 6.32. The fourth-order valence-electron chi connectivity index (χ4n) is 2.98. The normalized spacial score (nSPS) is 39.1. The van der Waals surface area contributed by atoms with Crippen LogP contribution in [0.2, 0.25) is 0 Å². The van der Waals surface area contributed by atoms with Crippen LogP contribution in [0.25, 0.3) is 0 Å². The summed E-state index contributed by atoms with van der Waals surface area (Å²) in [4.78, 5) is 11.2. The molecule has 2 rings (SSSR count). The predicted octanol–water partition coefficient (Wildman–Crippen LogP) is 1.88. The Morgan fingerprint density at radius 1 is 1.33 bits per heavy atom. The summed E-state index contributed by atoms with van der Waals surface area (Å²) in [6.45, 7) is 0. The number of hydrogen-bond acceptors (Lipinski definition) is 3. The van der Waals surface area contributed by atoms with Gasteiger partial charge in [0.05, 0.1) is 13.0 Å². The van der Waals surface area contributed by atoms with Gasteiger partial charge in [0.15, 0.2) is 0 Å². The summed E-state index contributed by atoms with van der Waals surface area (Å²) < 4.78 is 4.75. The van der Waals surface area contributed by atoms with Crippen LogP contribution in [0.3, 0.4) is 0 Å². The van der Waals surface area contributed by atoms with Gasteiger partial charge in [-0.15, -0.1) is 12.4 Å². The molecule has 0 aromatic carbocycles. The Kier molecular flexibility index (Phi) is 4.01. The zero-order valence-electron chi connectivity index (χ0n) is 9.20. The number of ether oxygens (including phenoxy) is 1. The maximum absolute atomic E-state index is 11.2. The summed E-state index contributed by atoms with van der Waals surface area (Å²) in [5, 5.41) is 0. The van der Waals surface area contributed by atoms with Crippen LogP contribution in [-0.2, 0) is 9.53 Å². The van der Waals surface area contributed by atoms with E-state index in [0.29, 0.717) is 11.5 Å². The van der Waals surface area contributed by atoms with E-state index >= 15 is 0 Å². The van der Waals surface area contributed by atoms with E-state index in [2.05, 4.69) is 0 Å². The van der Waals surface area contributed by atoms with Crippen LogP contribution in [0.1, 0.15) is 38.5 Å². The fourth-order valence-corrected chi connectivity index (χ4v) is 2.98. The van der Waals surface area contributed by atoms with Crippen LogP contribution in [-0.4, -0.2) is 19.1 Å². The molecule has 2 aliphatic rings. The molecule has 0 aromatic rings. The topological polar surface area (TPSA) is 52.3 Å². The zero-order chi connectivity index (χ0) is 10.2. The Hall–Kier alpha value is -0.280. The minimum Gasteiger partial charge on any atom is -0.469 e. The first-order chi connectivity index (χ1) is 6.65. The average Bonchev–Trinajstić information content (AvgIpc) is 2.15. The van der Waals surface area contributed by atoms with Crippen molar-refractivity contribution in [3.8, 4) is 0 Å². The second-order valence-corrected chi connectivity index (χ2v) is 4.97. The van der Waals surface area contributed by atoms with Crippen molar-refractivity contribution in [3.63, 3.8) is 0 Å². The lowest BCUT2D eigenvalue weighted by Gasteiger charge is -2.50. The van der Waals surface area contributed by atoms with E-state index in [1.165, 1.54) is 20.0 Å². The van der Waals surface area contributed by atoms with Crippen molar-refractivity contribution in [1.82, 2.24) is 0 Å². The standard InChI is InChI=1S/C11H19NO2.ClH/c1-14-10(13)8-6-11(7-8)4-2-9(12)3-5-11;/h8-9H,2-7,12H2,1H3;1H. The Balaban J connectivity index is 0.00000112. The van der Waals surface area contributed by atoms with Gasteiger partial charge in [-0.1, -0.05) is 0 Å². The summed E-state index contributed by atoms with van der Waals surface area (Å²) in [6.07, 6.45) is 6.75. The number of nitrogens with two attached hydrogens (primary N) is 1. The minimum absolute atomic E-state index is 0. The van der Waals surface area contributed by atoms with E-state index in [1.807, 2.05) is 0 Å². The van der Waals surface area contributed by atoms with Gasteiger partial charge in [0.1, 0.15) is 0 Å². The lowest BCUT2D eigenvalue weighted by Crippen LogP contribution is -2.45. The van der Waals surface area contributed by atoms with Crippen molar-refractivity contribution < 1.29 is 9.53 Å². The molecular weight excluding hydrogens is 214 g/mol. The van der Waals surface area contributed by atoms with Crippen LogP contribution >= 0.6 is 12.4 Å². The third-order valence-corrected chi connectivity index (χ3v) is 3.98. The second-order valence-electron chi connectivity index (χ2n) is 4.97. The van der Waals surface area contributed by atoms with Crippen molar-refractivity contribution in [2.45, 2.75) is 44.6 Å². The molecule has 0 aliphatic heterocycles. The number of rotatable bonds is 1. The fraction of sp³-hybridized carbons (Fsp3) is 0.909. The molecule has 0 radical (unpaired) electrons. The number of methoxy groups -OCH3 is 1. The smallest absolute Gasteiger partial charge is 0.308 e. The SMILES string of the molecule is COC(=O)C1CC2(CCC(N)CC2)C1.Cl. The second kappa shape index (κ2) is 4.71. The first-order valence-electron chi connectivity index (χ1n) is 5.49. The minimum atomic E-state index is -0.0227. The van der Waals surface area contributed by atoms with Crippen LogP contribution in [0, 0.1) is 11.3 Å². The molecule has 0 amide bonds. The van der Waals surface area contributed by atoms with Crippen molar-refractivity contribution in [1.29, 1.82) is 0 Å². The Morgan fingerprint density at radius 3 is 2.33 bits per heavy atom. The van der Waals surface area contributed by atoms with Gasteiger partial charge in [-0.05, 0) is 43.9 Å². The van der Waals surface area contributed by atoms with E-state index in [-0.39, 0.29) is 24.3 Å². The zero-order valence-corrected chi connectivity index (χ0v) is 10.0. The molecule has 2 saturated carbocycles. The quantitative estimate of drug-likeness (QED) is 0.704. The molecule has 3 nitrogen and oxygen atoms in total. The van der Waals surface area contributed by atoms with Gasteiger partial charge in [-0.2, -0.15) is 0 Å². The number of carbonyl (C=O) groups excluding carboxylic acids is 1. The Labute approximate surface area is 97.1 Å². The molecular formula is C11H20ClNO2.